The van der Waals surface area contributed by atoms with Gasteiger partial charge < -0.3 is 5.32 Å². The molecule has 5 heteroatoms. The Bertz CT molecular complexity index is 945. The van der Waals surface area contributed by atoms with E-state index < -0.39 is 0 Å². The van der Waals surface area contributed by atoms with Gasteiger partial charge in [-0.25, -0.2) is 0 Å². The van der Waals surface area contributed by atoms with Crippen LogP contribution in [0.25, 0.3) is 0 Å². The molecule has 3 unspecified atom stereocenters. The maximum absolute atomic E-state index is 12.7. The monoisotopic (exact) mass is 360 g/mol. The number of allylic oxidation sites excluding steroid dienone is 2. The van der Waals surface area contributed by atoms with Gasteiger partial charge in [0.25, 0.3) is 0 Å². The predicted octanol–water partition coefficient (Wildman–Crippen LogP) is 3.27. The summed E-state index contributed by atoms with van der Waals surface area (Å²) in [6.07, 6.45) is 14.0. The first-order valence-electron chi connectivity index (χ1n) is 9.14. The Labute approximate surface area is 160 Å². The van der Waals surface area contributed by atoms with Gasteiger partial charge >= 0.3 is 0 Å². The van der Waals surface area contributed by atoms with Gasteiger partial charge in [0.15, 0.2) is 0 Å². The van der Waals surface area contributed by atoms with E-state index in [9.17, 15) is 4.79 Å². The number of rotatable bonds is 5. The quantitative estimate of drug-likeness (QED) is 0.791. The molecule has 0 radical (unpaired) electrons. The number of fused-ring (bicyclic) bond motifs is 1. The molecule has 27 heavy (non-hydrogen) atoms. The highest BCUT2D eigenvalue weighted by molar-refractivity contribution is 6.50. The first-order valence-corrected chi connectivity index (χ1v) is 9.14. The number of hydrogen-bond acceptors (Lipinski definition) is 5. The Hall–Kier alpha value is -3.08. The van der Waals surface area contributed by atoms with Crippen LogP contribution in [0.5, 0.6) is 0 Å². The maximum atomic E-state index is 12.7. The molecule has 2 N–H and O–H groups in total. The summed E-state index contributed by atoms with van der Waals surface area (Å²) < 4.78 is 0. The zero-order valence-corrected chi connectivity index (χ0v) is 15.3. The first-order chi connectivity index (χ1) is 13.0. The van der Waals surface area contributed by atoms with E-state index in [1.54, 1.807) is 24.5 Å². The molecule has 0 aromatic carbocycles. The standard InChI is InChI=1S/C22H22N4O.H2/c1-3-15-9-14(2)12-25-21(15)26-22-7-6-16(10-18(22)11-22)20(27)19(23)17-5-4-8-24-13-17;/h3-10,13-14,18,23H,1,11-12H2,2H3,(H,25,26);1H. The third kappa shape index (κ3) is 3.21. The molecule has 138 valence electrons. The van der Waals surface area contributed by atoms with Crippen molar-refractivity contribution in [2.24, 2.45) is 16.8 Å². The Balaban J connectivity index is 0.00000225. The second kappa shape index (κ2) is 6.58. The minimum Gasteiger partial charge on any atom is -0.360 e. The summed E-state index contributed by atoms with van der Waals surface area (Å²) in [6, 6.07) is 3.46. The summed E-state index contributed by atoms with van der Waals surface area (Å²) in [5, 5.41) is 11.7. The highest BCUT2D eigenvalue weighted by atomic mass is 16.1. The van der Waals surface area contributed by atoms with Crippen LogP contribution in [0.1, 0.15) is 20.3 Å². The van der Waals surface area contributed by atoms with Gasteiger partial charge in [0.05, 0.1) is 5.54 Å². The van der Waals surface area contributed by atoms with E-state index in [0.29, 0.717) is 17.1 Å². The van der Waals surface area contributed by atoms with Crippen LogP contribution < -0.4 is 5.32 Å². The number of Topliss-reactive ketones (excluding diaryl/α,β-unsaturated/α-hetero) is 1. The van der Waals surface area contributed by atoms with E-state index in [4.69, 9.17) is 5.41 Å². The van der Waals surface area contributed by atoms with E-state index in [1.807, 2.05) is 24.3 Å². The molecule has 1 saturated carbocycles. The van der Waals surface area contributed by atoms with E-state index in [0.717, 1.165) is 24.4 Å². The summed E-state index contributed by atoms with van der Waals surface area (Å²) in [6.45, 7) is 6.80. The average Bonchev–Trinajstić information content (AvgIpc) is 3.42. The number of nitrogens with one attached hydrogen (secondary N) is 2. The fourth-order valence-electron chi connectivity index (χ4n) is 3.60. The van der Waals surface area contributed by atoms with Gasteiger partial charge in [-0.1, -0.05) is 43.9 Å². The molecule has 0 spiro atoms. The number of carbonyl (C=O) groups is 1. The second-order valence-electron chi connectivity index (χ2n) is 7.37. The van der Waals surface area contributed by atoms with Crippen LogP contribution in [0.2, 0.25) is 0 Å². The van der Waals surface area contributed by atoms with Gasteiger partial charge in [-0.15, -0.1) is 0 Å². The van der Waals surface area contributed by atoms with Crippen molar-refractivity contribution in [1.29, 1.82) is 5.41 Å². The number of ketones is 1. The van der Waals surface area contributed by atoms with E-state index >= 15 is 0 Å². The summed E-state index contributed by atoms with van der Waals surface area (Å²) in [4.78, 5) is 21.3. The smallest absolute Gasteiger partial charge is 0.210 e. The average molecular weight is 360 g/mol. The van der Waals surface area contributed by atoms with Crippen LogP contribution in [-0.4, -0.2) is 34.4 Å². The zero-order valence-electron chi connectivity index (χ0n) is 15.3. The first kappa shape index (κ1) is 17.3. The Morgan fingerprint density at radius 1 is 1.48 bits per heavy atom. The van der Waals surface area contributed by atoms with Crippen molar-refractivity contribution in [2.75, 3.05) is 6.54 Å². The van der Waals surface area contributed by atoms with Crippen molar-refractivity contribution in [1.82, 2.24) is 10.3 Å². The van der Waals surface area contributed by atoms with E-state index in [1.165, 1.54) is 0 Å². The molecule has 4 rings (SSSR count). The molecule has 0 amide bonds. The van der Waals surface area contributed by atoms with Crippen molar-refractivity contribution < 1.29 is 6.22 Å². The molecule has 1 aliphatic heterocycles. The zero-order chi connectivity index (χ0) is 19.0. The fourth-order valence-corrected chi connectivity index (χ4v) is 3.60. The maximum Gasteiger partial charge on any atom is 0.210 e. The third-order valence-corrected chi connectivity index (χ3v) is 5.29. The SMILES string of the molecule is C=CC1=CC(C)CN=C1NC12C=CC(C(=O)C(=N)c3cccnc3)=CC1C2.[HH]. The van der Waals surface area contributed by atoms with Gasteiger partial charge in [0.1, 0.15) is 11.5 Å². The highest BCUT2D eigenvalue weighted by Gasteiger charge is 2.53. The highest BCUT2D eigenvalue weighted by Crippen LogP contribution is 2.49. The molecule has 3 aliphatic rings. The second-order valence-corrected chi connectivity index (χ2v) is 7.37. The normalized spacial score (nSPS) is 28.3. The van der Waals surface area contributed by atoms with Crippen LogP contribution in [0.3, 0.4) is 0 Å². The number of nitrogens with zero attached hydrogens (tertiary/aromatic N) is 2. The Morgan fingerprint density at radius 3 is 3.04 bits per heavy atom. The molecule has 1 aromatic rings. The molecule has 1 fully saturated rings. The van der Waals surface area contributed by atoms with Crippen molar-refractivity contribution in [3.63, 3.8) is 0 Å². The molecule has 5 nitrogen and oxygen atoms in total. The van der Waals surface area contributed by atoms with Gasteiger partial charge in [-0.05, 0) is 24.5 Å². The number of pyridine rings is 1. The Kier molecular flexibility index (Phi) is 4.22. The predicted molar refractivity (Wildman–Crippen MR) is 109 cm³/mol. The van der Waals surface area contributed by atoms with Crippen LogP contribution in [0.15, 0.2) is 77.6 Å². The van der Waals surface area contributed by atoms with Crippen molar-refractivity contribution >= 4 is 17.3 Å². The number of aromatic nitrogens is 1. The number of amidine groups is 1. The third-order valence-electron chi connectivity index (χ3n) is 5.29. The lowest BCUT2D eigenvalue weighted by Crippen LogP contribution is -2.40. The topological polar surface area (TPSA) is 78.2 Å². The van der Waals surface area contributed by atoms with Gasteiger partial charge in [-0.2, -0.15) is 0 Å². The van der Waals surface area contributed by atoms with Crippen molar-refractivity contribution in [3.8, 4) is 0 Å². The summed E-state index contributed by atoms with van der Waals surface area (Å²) in [5.41, 5.74) is 1.94. The number of aliphatic imine (C=N–C) groups is 1. The van der Waals surface area contributed by atoms with E-state index in [2.05, 4.69) is 34.9 Å². The molecular formula is C22H24N4O. The Morgan fingerprint density at radius 2 is 2.33 bits per heavy atom. The van der Waals surface area contributed by atoms with E-state index in [-0.39, 0.29) is 24.4 Å². The molecule has 1 aromatic heterocycles. The lowest BCUT2D eigenvalue weighted by atomic mass is 9.95. The van der Waals surface area contributed by atoms with Crippen LogP contribution in [0, 0.1) is 17.2 Å². The number of carbonyl (C=O) groups excluding carboxylic acids is 1. The molecule has 3 atom stereocenters. The number of hydrogen-bond donors (Lipinski definition) is 2. The molecular weight excluding hydrogens is 336 g/mol. The molecule has 2 heterocycles. The summed E-state index contributed by atoms with van der Waals surface area (Å²) in [7, 11) is 0. The largest absolute Gasteiger partial charge is 0.360 e. The number of dihydropyridines is 1. The van der Waals surface area contributed by atoms with Gasteiger partial charge in [0.2, 0.25) is 5.78 Å². The lowest BCUT2D eigenvalue weighted by molar-refractivity contribution is -0.109. The minimum atomic E-state index is -0.268. The van der Waals surface area contributed by atoms with Crippen molar-refractivity contribution in [3.05, 3.63) is 78.2 Å². The molecule has 2 aliphatic carbocycles. The minimum absolute atomic E-state index is 0. The van der Waals surface area contributed by atoms with Crippen LogP contribution in [0.4, 0.5) is 0 Å². The van der Waals surface area contributed by atoms with Gasteiger partial charge in [-0.3, -0.25) is 20.2 Å². The molecule has 0 bridgehead atoms. The van der Waals surface area contributed by atoms with Gasteiger partial charge in [0, 0.05) is 43.0 Å². The lowest BCUT2D eigenvalue weighted by Gasteiger charge is -2.24. The molecule has 0 saturated heterocycles. The summed E-state index contributed by atoms with van der Waals surface area (Å²) in [5.74, 6) is 1.26. The fraction of sp³-hybridized carbons (Fsp3) is 0.273. The van der Waals surface area contributed by atoms with Crippen LogP contribution in [-0.2, 0) is 4.79 Å². The summed E-state index contributed by atoms with van der Waals surface area (Å²) >= 11 is 0. The van der Waals surface area contributed by atoms with Crippen LogP contribution >= 0.6 is 0 Å². The van der Waals surface area contributed by atoms with Crippen molar-refractivity contribution in [2.45, 2.75) is 18.9 Å².